The largest absolute Gasteiger partial charge is 0.492 e. The molecule has 1 aromatic rings. The molecule has 0 aromatic heterocycles. The van der Waals surface area contributed by atoms with Gasteiger partial charge in [0.15, 0.2) is 5.96 Å². The van der Waals surface area contributed by atoms with Gasteiger partial charge in [0.05, 0.1) is 6.54 Å². The van der Waals surface area contributed by atoms with Crippen LogP contribution in [-0.4, -0.2) is 75.6 Å². The summed E-state index contributed by atoms with van der Waals surface area (Å²) in [6.07, 6.45) is 2.65. The van der Waals surface area contributed by atoms with Gasteiger partial charge in [-0.05, 0) is 45.8 Å². The SMILES string of the molecule is CCNC(=NCc1ccccc1OCCN(C)C)N1CCC(CC(=O)NC)CC1.I. The van der Waals surface area contributed by atoms with Crippen LogP contribution < -0.4 is 15.4 Å². The second kappa shape index (κ2) is 14.5. The smallest absolute Gasteiger partial charge is 0.220 e. The van der Waals surface area contributed by atoms with E-state index in [2.05, 4.69) is 33.4 Å². The minimum Gasteiger partial charge on any atom is -0.492 e. The molecule has 8 heteroatoms. The number of amides is 1. The Bertz CT molecular complexity index is 661. The van der Waals surface area contributed by atoms with Crippen molar-refractivity contribution in [1.82, 2.24) is 20.4 Å². The van der Waals surface area contributed by atoms with Crippen molar-refractivity contribution in [2.75, 3.05) is 53.9 Å². The molecule has 1 aromatic carbocycles. The maximum atomic E-state index is 11.6. The van der Waals surface area contributed by atoms with Gasteiger partial charge >= 0.3 is 0 Å². The number of ether oxygens (including phenoxy) is 1. The Labute approximate surface area is 198 Å². The molecule has 0 unspecified atom stereocenters. The summed E-state index contributed by atoms with van der Waals surface area (Å²) in [5, 5.41) is 6.14. The molecule has 170 valence electrons. The number of hydrogen-bond acceptors (Lipinski definition) is 4. The number of nitrogens with one attached hydrogen (secondary N) is 2. The highest BCUT2D eigenvalue weighted by Crippen LogP contribution is 2.22. The van der Waals surface area contributed by atoms with Crippen LogP contribution >= 0.6 is 24.0 Å². The van der Waals surface area contributed by atoms with Gasteiger partial charge in [0.1, 0.15) is 12.4 Å². The number of hydrogen-bond donors (Lipinski definition) is 2. The van der Waals surface area contributed by atoms with Crippen molar-refractivity contribution >= 4 is 35.8 Å². The number of piperidine rings is 1. The number of aliphatic imine (C=N–C) groups is 1. The van der Waals surface area contributed by atoms with E-state index in [9.17, 15) is 4.79 Å². The van der Waals surface area contributed by atoms with Gasteiger partial charge in [-0.2, -0.15) is 0 Å². The number of benzene rings is 1. The summed E-state index contributed by atoms with van der Waals surface area (Å²) in [6, 6.07) is 8.12. The van der Waals surface area contributed by atoms with Crippen molar-refractivity contribution in [1.29, 1.82) is 0 Å². The summed E-state index contributed by atoms with van der Waals surface area (Å²) >= 11 is 0. The fourth-order valence-corrected chi connectivity index (χ4v) is 3.41. The highest BCUT2D eigenvalue weighted by molar-refractivity contribution is 14.0. The minimum atomic E-state index is 0. The standard InChI is InChI=1S/C22H37N5O2.HI/c1-5-24-22(27-12-10-18(11-13-27)16-21(28)23-2)25-17-19-8-6-7-9-20(19)29-15-14-26(3)4;/h6-9,18H,5,10-17H2,1-4H3,(H,23,28)(H,24,25);1H. The Hall–Kier alpha value is -1.55. The molecule has 1 aliphatic heterocycles. The molecule has 2 N–H and O–H groups in total. The summed E-state index contributed by atoms with van der Waals surface area (Å²) in [6.45, 7) is 6.89. The molecule has 0 radical (unpaired) electrons. The molecular weight excluding hydrogens is 493 g/mol. The van der Waals surface area contributed by atoms with Crippen LogP contribution in [0.1, 0.15) is 31.7 Å². The van der Waals surface area contributed by atoms with Gasteiger partial charge in [0, 0.05) is 45.2 Å². The topological polar surface area (TPSA) is 69.2 Å². The number of likely N-dealkylation sites (N-methyl/N-ethyl adjacent to an activating group) is 1. The second-order valence-electron chi connectivity index (χ2n) is 7.74. The molecular formula is C22H38IN5O2. The fourth-order valence-electron chi connectivity index (χ4n) is 3.41. The van der Waals surface area contributed by atoms with Crippen molar-refractivity contribution in [2.24, 2.45) is 10.9 Å². The monoisotopic (exact) mass is 531 g/mol. The van der Waals surface area contributed by atoms with Gasteiger partial charge in [-0.15, -0.1) is 24.0 Å². The molecule has 0 saturated carbocycles. The number of rotatable bonds is 9. The van der Waals surface area contributed by atoms with E-state index in [1.807, 2.05) is 32.3 Å². The third-order valence-corrected chi connectivity index (χ3v) is 5.17. The predicted molar refractivity (Wildman–Crippen MR) is 134 cm³/mol. The first-order valence-electron chi connectivity index (χ1n) is 10.6. The van der Waals surface area contributed by atoms with E-state index in [4.69, 9.17) is 9.73 Å². The molecule has 1 amide bonds. The summed E-state index contributed by atoms with van der Waals surface area (Å²) < 4.78 is 5.96. The number of guanidine groups is 1. The molecule has 1 fully saturated rings. The number of para-hydroxylation sites is 1. The maximum absolute atomic E-state index is 11.6. The number of likely N-dealkylation sites (tertiary alicyclic amines) is 1. The minimum absolute atomic E-state index is 0. The number of carbonyl (C=O) groups excluding carboxylic acids is 1. The molecule has 2 rings (SSSR count). The van der Waals surface area contributed by atoms with Gasteiger partial charge in [0.25, 0.3) is 0 Å². The van der Waals surface area contributed by atoms with Crippen LogP contribution in [0.2, 0.25) is 0 Å². The van der Waals surface area contributed by atoms with Crippen molar-refractivity contribution in [2.45, 2.75) is 32.7 Å². The molecule has 0 atom stereocenters. The average Bonchev–Trinajstić information content (AvgIpc) is 2.72. The molecule has 7 nitrogen and oxygen atoms in total. The molecule has 30 heavy (non-hydrogen) atoms. The van der Waals surface area contributed by atoms with E-state index < -0.39 is 0 Å². The fraction of sp³-hybridized carbons (Fsp3) is 0.636. The van der Waals surface area contributed by atoms with Gasteiger partial charge in [-0.1, -0.05) is 18.2 Å². The molecule has 1 heterocycles. The number of carbonyl (C=O) groups is 1. The third kappa shape index (κ3) is 9.07. The first-order chi connectivity index (χ1) is 14.0. The Morgan fingerprint density at radius 2 is 1.97 bits per heavy atom. The summed E-state index contributed by atoms with van der Waals surface area (Å²) in [5.41, 5.74) is 1.09. The Balaban J connectivity index is 0.00000450. The number of halogens is 1. The van der Waals surface area contributed by atoms with Crippen molar-refractivity contribution in [3.63, 3.8) is 0 Å². The van der Waals surface area contributed by atoms with Gasteiger partial charge in [0.2, 0.25) is 5.91 Å². The Kier molecular flexibility index (Phi) is 12.8. The predicted octanol–water partition coefficient (Wildman–Crippen LogP) is 2.56. The molecule has 0 bridgehead atoms. The summed E-state index contributed by atoms with van der Waals surface area (Å²) in [7, 11) is 5.79. The lowest BCUT2D eigenvalue weighted by Crippen LogP contribution is -2.46. The van der Waals surface area contributed by atoms with Crippen LogP contribution in [0.3, 0.4) is 0 Å². The van der Waals surface area contributed by atoms with Crippen molar-refractivity contribution in [3.8, 4) is 5.75 Å². The van der Waals surface area contributed by atoms with E-state index in [0.717, 1.165) is 56.3 Å². The van der Waals surface area contributed by atoms with Crippen LogP contribution in [0.4, 0.5) is 0 Å². The van der Waals surface area contributed by atoms with Crippen molar-refractivity contribution in [3.05, 3.63) is 29.8 Å². The van der Waals surface area contributed by atoms with E-state index in [1.54, 1.807) is 7.05 Å². The molecule has 0 spiro atoms. The van der Waals surface area contributed by atoms with Gasteiger partial charge in [-0.25, -0.2) is 4.99 Å². The second-order valence-corrected chi connectivity index (χ2v) is 7.74. The Morgan fingerprint density at radius 1 is 1.27 bits per heavy atom. The zero-order valence-corrected chi connectivity index (χ0v) is 21.1. The van der Waals surface area contributed by atoms with Crippen LogP contribution in [0.5, 0.6) is 5.75 Å². The van der Waals surface area contributed by atoms with Gasteiger partial charge < -0.3 is 25.2 Å². The van der Waals surface area contributed by atoms with Crippen LogP contribution in [0, 0.1) is 5.92 Å². The van der Waals surface area contributed by atoms with E-state index >= 15 is 0 Å². The lowest BCUT2D eigenvalue weighted by molar-refractivity contribution is -0.121. The molecule has 1 aliphatic rings. The Morgan fingerprint density at radius 3 is 2.60 bits per heavy atom. The quantitative estimate of drug-likeness (QED) is 0.291. The third-order valence-electron chi connectivity index (χ3n) is 5.17. The molecule has 0 aliphatic carbocycles. The maximum Gasteiger partial charge on any atom is 0.220 e. The normalized spacial score (nSPS) is 15.0. The van der Waals surface area contributed by atoms with E-state index in [0.29, 0.717) is 25.5 Å². The first-order valence-corrected chi connectivity index (χ1v) is 10.6. The van der Waals surface area contributed by atoms with Crippen molar-refractivity contribution < 1.29 is 9.53 Å². The average molecular weight is 531 g/mol. The lowest BCUT2D eigenvalue weighted by Gasteiger charge is -2.34. The van der Waals surface area contributed by atoms with Crippen LogP contribution in [0.15, 0.2) is 29.3 Å². The summed E-state index contributed by atoms with van der Waals surface area (Å²) in [4.78, 5) is 20.9. The van der Waals surface area contributed by atoms with E-state index in [-0.39, 0.29) is 29.9 Å². The van der Waals surface area contributed by atoms with Gasteiger partial charge in [-0.3, -0.25) is 4.79 Å². The number of nitrogens with zero attached hydrogens (tertiary/aromatic N) is 3. The lowest BCUT2D eigenvalue weighted by atomic mass is 9.93. The first kappa shape index (κ1) is 26.5. The highest BCUT2D eigenvalue weighted by Gasteiger charge is 2.23. The van der Waals surface area contributed by atoms with Crippen LogP contribution in [-0.2, 0) is 11.3 Å². The zero-order valence-electron chi connectivity index (χ0n) is 18.8. The summed E-state index contributed by atoms with van der Waals surface area (Å²) in [5.74, 6) is 2.43. The van der Waals surface area contributed by atoms with E-state index in [1.165, 1.54) is 0 Å². The van der Waals surface area contributed by atoms with Crippen LogP contribution in [0.25, 0.3) is 0 Å². The highest BCUT2D eigenvalue weighted by atomic mass is 127. The zero-order chi connectivity index (χ0) is 21.1. The molecule has 1 saturated heterocycles.